The molecule has 2 aromatic carbocycles. The molecule has 0 aliphatic heterocycles. The molecule has 5 nitrogen and oxygen atoms in total. The summed E-state index contributed by atoms with van der Waals surface area (Å²) in [5.41, 5.74) is 3.04. The smallest absolute Gasteiger partial charge is 0.335 e. The Morgan fingerprint density at radius 1 is 0.929 bits per heavy atom. The molecule has 0 saturated heterocycles. The molecule has 2 aromatic heterocycles. The van der Waals surface area contributed by atoms with Crippen molar-refractivity contribution in [1.29, 1.82) is 0 Å². The van der Waals surface area contributed by atoms with Gasteiger partial charge in [-0.05, 0) is 42.0 Å². The Labute approximate surface area is 169 Å². The van der Waals surface area contributed by atoms with Crippen molar-refractivity contribution in [2.75, 3.05) is 0 Å². The van der Waals surface area contributed by atoms with Crippen LogP contribution < -0.4 is 0 Å². The number of halogens is 2. The highest BCUT2D eigenvalue weighted by Gasteiger charge is 2.21. The quantitative estimate of drug-likeness (QED) is 0.490. The molecule has 0 atom stereocenters. The van der Waals surface area contributed by atoms with E-state index in [1.807, 2.05) is 0 Å². The first kappa shape index (κ1) is 18.2. The normalized spacial score (nSPS) is 10.9. The van der Waals surface area contributed by atoms with Crippen LogP contribution in [0.3, 0.4) is 0 Å². The summed E-state index contributed by atoms with van der Waals surface area (Å²) in [5, 5.41) is 9.61. The lowest BCUT2D eigenvalue weighted by molar-refractivity contribution is 0.0696. The number of aromatic nitrogens is 2. The van der Waals surface area contributed by atoms with Crippen LogP contribution in [0.1, 0.15) is 20.7 Å². The molecule has 0 bridgehead atoms. The predicted octanol–water partition coefficient (Wildman–Crippen LogP) is 5.40. The fourth-order valence-corrected chi connectivity index (χ4v) is 3.61. The molecule has 4 rings (SSSR count). The number of benzene rings is 2. The molecule has 138 valence electrons. The van der Waals surface area contributed by atoms with Gasteiger partial charge in [0, 0.05) is 18.0 Å². The van der Waals surface area contributed by atoms with E-state index in [4.69, 9.17) is 28.3 Å². The van der Waals surface area contributed by atoms with Gasteiger partial charge in [0.2, 0.25) is 0 Å². The summed E-state index contributed by atoms with van der Waals surface area (Å²) in [5.74, 6) is -1.38. The van der Waals surface area contributed by atoms with E-state index in [0.29, 0.717) is 16.6 Å². The van der Waals surface area contributed by atoms with E-state index in [0.717, 1.165) is 5.56 Å². The van der Waals surface area contributed by atoms with Crippen molar-refractivity contribution in [2.45, 2.75) is 0 Å². The van der Waals surface area contributed by atoms with Gasteiger partial charge < -0.3 is 5.11 Å². The zero-order valence-electron chi connectivity index (χ0n) is 14.3. The number of rotatable bonds is 3. The second-order valence-corrected chi connectivity index (χ2v) is 6.88. The zero-order chi connectivity index (χ0) is 19.8. The number of carboxylic acid groups (broad SMARTS) is 1. The van der Waals surface area contributed by atoms with E-state index >= 15 is 0 Å². The number of carbonyl (C=O) groups is 2. The molecule has 28 heavy (non-hydrogen) atoms. The lowest BCUT2D eigenvalue weighted by Gasteiger charge is -2.07. The van der Waals surface area contributed by atoms with Crippen LogP contribution in [0.5, 0.6) is 0 Å². The topological polar surface area (TPSA) is 72.2 Å². The average molecular weight is 411 g/mol. The Morgan fingerprint density at radius 3 is 2.25 bits per heavy atom. The third-order valence-corrected chi connectivity index (χ3v) is 5.03. The second kappa shape index (κ2) is 7.11. The van der Waals surface area contributed by atoms with Gasteiger partial charge in [0.1, 0.15) is 0 Å². The molecular weight excluding hydrogens is 399 g/mol. The minimum atomic E-state index is -1.00. The van der Waals surface area contributed by atoms with E-state index in [1.54, 1.807) is 54.9 Å². The Balaban J connectivity index is 1.90. The molecule has 0 unspecified atom stereocenters. The number of hydrogen-bond donors (Lipinski definition) is 1. The van der Waals surface area contributed by atoms with Crippen molar-refractivity contribution in [3.63, 3.8) is 0 Å². The number of hydrogen-bond acceptors (Lipinski definition) is 3. The van der Waals surface area contributed by atoms with Gasteiger partial charge in [-0.25, -0.2) is 4.79 Å². The second-order valence-electron chi connectivity index (χ2n) is 6.07. The molecule has 0 aliphatic carbocycles. The number of pyridine rings is 1. The maximum Gasteiger partial charge on any atom is 0.335 e. The van der Waals surface area contributed by atoms with Crippen molar-refractivity contribution in [2.24, 2.45) is 0 Å². The van der Waals surface area contributed by atoms with Crippen LogP contribution >= 0.6 is 23.2 Å². The molecule has 0 aliphatic rings. The number of carboxylic acids is 1. The maximum absolute atomic E-state index is 13.2. The first-order valence-electron chi connectivity index (χ1n) is 8.26. The Bertz CT molecular complexity index is 1210. The predicted molar refractivity (Wildman–Crippen MR) is 108 cm³/mol. The van der Waals surface area contributed by atoms with Gasteiger partial charge in [0.25, 0.3) is 5.91 Å². The summed E-state index contributed by atoms with van der Waals surface area (Å²) in [4.78, 5) is 28.7. The van der Waals surface area contributed by atoms with Crippen LogP contribution in [0.25, 0.3) is 22.2 Å². The summed E-state index contributed by atoms with van der Waals surface area (Å²) in [6.07, 6.45) is 3.30. The molecular formula is C21H12Cl2N2O3. The summed E-state index contributed by atoms with van der Waals surface area (Å²) in [7, 11) is 0. The van der Waals surface area contributed by atoms with Gasteiger partial charge in [-0.3, -0.25) is 14.3 Å². The average Bonchev–Trinajstić information content (AvgIpc) is 3.07. The van der Waals surface area contributed by atoms with E-state index in [9.17, 15) is 9.59 Å². The Hall–Kier alpha value is -3.15. The van der Waals surface area contributed by atoms with Crippen LogP contribution in [0.4, 0.5) is 0 Å². The molecule has 0 saturated carbocycles. The molecule has 0 amide bonds. The van der Waals surface area contributed by atoms with E-state index < -0.39 is 5.97 Å². The molecule has 7 heteroatoms. The lowest BCUT2D eigenvalue weighted by Crippen LogP contribution is -2.12. The van der Waals surface area contributed by atoms with Gasteiger partial charge in [-0.2, -0.15) is 0 Å². The lowest BCUT2D eigenvalue weighted by atomic mass is 10.1. The highest BCUT2D eigenvalue weighted by atomic mass is 35.5. The summed E-state index contributed by atoms with van der Waals surface area (Å²) in [6.45, 7) is 0. The van der Waals surface area contributed by atoms with Gasteiger partial charge >= 0.3 is 5.97 Å². The van der Waals surface area contributed by atoms with Crippen LogP contribution in [-0.4, -0.2) is 26.5 Å². The Kier molecular flexibility index (Phi) is 4.63. The van der Waals surface area contributed by atoms with Gasteiger partial charge in [-0.15, -0.1) is 0 Å². The van der Waals surface area contributed by atoms with E-state index in [2.05, 4.69) is 4.98 Å². The molecule has 1 N–H and O–H groups in total. The van der Waals surface area contributed by atoms with Gasteiger partial charge in [0.05, 0.1) is 32.2 Å². The number of carbonyl (C=O) groups excluding carboxylic acids is 1. The monoisotopic (exact) mass is 410 g/mol. The summed E-state index contributed by atoms with van der Waals surface area (Å²) < 4.78 is 1.45. The number of nitrogens with zero attached hydrogens (tertiary/aromatic N) is 2. The third-order valence-electron chi connectivity index (χ3n) is 4.40. The third kappa shape index (κ3) is 3.05. The summed E-state index contributed by atoms with van der Waals surface area (Å²) in [6, 6.07) is 14.8. The molecule has 0 fully saturated rings. The van der Waals surface area contributed by atoms with Crippen LogP contribution in [0.15, 0.2) is 67.0 Å². The fourth-order valence-electron chi connectivity index (χ4n) is 3.05. The van der Waals surface area contributed by atoms with Gasteiger partial charge in [0.15, 0.2) is 0 Å². The maximum atomic E-state index is 13.2. The van der Waals surface area contributed by atoms with Crippen molar-refractivity contribution < 1.29 is 14.7 Å². The number of fused-ring (bicyclic) bond motifs is 1. The molecule has 0 spiro atoms. The van der Waals surface area contributed by atoms with Crippen LogP contribution in [0, 0.1) is 0 Å². The highest BCUT2D eigenvalue weighted by Crippen LogP contribution is 2.32. The highest BCUT2D eigenvalue weighted by molar-refractivity contribution is 6.40. The van der Waals surface area contributed by atoms with Crippen LogP contribution in [-0.2, 0) is 0 Å². The minimum Gasteiger partial charge on any atom is -0.478 e. The van der Waals surface area contributed by atoms with Gasteiger partial charge in [-0.1, -0.05) is 41.4 Å². The first-order chi connectivity index (χ1) is 13.5. The van der Waals surface area contributed by atoms with Crippen molar-refractivity contribution in [3.8, 4) is 11.1 Å². The molecule has 4 aromatic rings. The zero-order valence-corrected chi connectivity index (χ0v) is 15.8. The SMILES string of the molecule is O=C(O)c1ccc(-c2cn(C(=O)c3c(Cl)cccc3Cl)c3cccnc23)cc1. The van der Waals surface area contributed by atoms with Crippen molar-refractivity contribution in [3.05, 3.63) is 88.2 Å². The number of aromatic carboxylic acids is 1. The van der Waals surface area contributed by atoms with E-state index in [1.165, 1.54) is 16.7 Å². The summed E-state index contributed by atoms with van der Waals surface area (Å²) >= 11 is 12.4. The van der Waals surface area contributed by atoms with E-state index in [-0.39, 0.29) is 27.1 Å². The van der Waals surface area contributed by atoms with Crippen molar-refractivity contribution >= 4 is 46.1 Å². The van der Waals surface area contributed by atoms with Crippen molar-refractivity contribution in [1.82, 2.24) is 9.55 Å². The fraction of sp³-hybridized carbons (Fsp3) is 0. The van der Waals surface area contributed by atoms with Crippen LogP contribution in [0.2, 0.25) is 10.0 Å². The molecule has 2 heterocycles. The standard InChI is InChI=1S/C21H12Cl2N2O3/c22-15-3-1-4-16(23)18(15)20(26)25-11-14(19-17(25)5-2-10-24-19)12-6-8-13(9-7-12)21(27)28/h1-11H,(H,27,28). The first-order valence-corrected chi connectivity index (χ1v) is 9.01. The largest absolute Gasteiger partial charge is 0.478 e. The Morgan fingerprint density at radius 2 is 1.61 bits per heavy atom. The minimum absolute atomic E-state index is 0.180. The molecule has 0 radical (unpaired) electrons.